The van der Waals surface area contributed by atoms with Crippen LogP contribution in [0.1, 0.15) is 22.7 Å². The first-order valence-electron chi connectivity index (χ1n) is 6.09. The Morgan fingerprint density at radius 2 is 1.57 bits per heavy atom. The van der Waals surface area contributed by atoms with Crippen LogP contribution in [0.15, 0.2) is 47.4 Å². The Morgan fingerprint density at radius 3 is 2.05 bits per heavy atom. The summed E-state index contributed by atoms with van der Waals surface area (Å²) in [4.78, 5) is 1.05. The topological polar surface area (TPSA) is 26.0 Å². The van der Waals surface area contributed by atoms with Gasteiger partial charge in [-0.05, 0) is 41.6 Å². The van der Waals surface area contributed by atoms with E-state index >= 15 is 0 Å². The van der Waals surface area contributed by atoms with Gasteiger partial charge < -0.3 is 5.73 Å². The molecular formula is C15H13F4NS. The standard InChI is InChI=1S/C15H13F4NS/c1-21-11-5-2-9(3-6-11)14(20)10-4-7-12(13(16)8-10)15(17,18)19/h2-8,14H,20H2,1H3. The van der Waals surface area contributed by atoms with Crippen molar-refractivity contribution in [2.45, 2.75) is 17.1 Å². The van der Waals surface area contributed by atoms with E-state index in [1.165, 1.54) is 6.07 Å². The second-order valence-corrected chi connectivity index (χ2v) is 5.37. The van der Waals surface area contributed by atoms with Crippen molar-refractivity contribution in [3.8, 4) is 0 Å². The van der Waals surface area contributed by atoms with Gasteiger partial charge in [0.05, 0.1) is 11.6 Å². The third kappa shape index (κ3) is 3.57. The largest absolute Gasteiger partial charge is 0.419 e. The molecule has 112 valence electrons. The summed E-state index contributed by atoms with van der Waals surface area (Å²) >= 11 is 1.57. The molecule has 1 unspecified atom stereocenters. The van der Waals surface area contributed by atoms with E-state index in [0.29, 0.717) is 11.1 Å². The molecule has 0 amide bonds. The molecule has 0 aliphatic heterocycles. The summed E-state index contributed by atoms with van der Waals surface area (Å²) in [6, 6.07) is 9.40. The summed E-state index contributed by atoms with van der Waals surface area (Å²) in [6.07, 6.45) is -2.77. The molecule has 0 aliphatic carbocycles. The number of thioether (sulfide) groups is 1. The minimum atomic E-state index is -4.70. The summed E-state index contributed by atoms with van der Waals surface area (Å²) in [7, 11) is 0. The molecule has 0 saturated heterocycles. The quantitative estimate of drug-likeness (QED) is 0.661. The number of alkyl halides is 3. The van der Waals surface area contributed by atoms with Crippen molar-refractivity contribution in [1.82, 2.24) is 0 Å². The highest BCUT2D eigenvalue weighted by Crippen LogP contribution is 2.33. The highest BCUT2D eigenvalue weighted by Gasteiger charge is 2.34. The Bertz CT molecular complexity index is 623. The van der Waals surface area contributed by atoms with Crippen molar-refractivity contribution in [1.29, 1.82) is 0 Å². The molecule has 0 aromatic heterocycles. The van der Waals surface area contributed by atoms with Gasteiger partial charge in [0.25, 0.3) is 0 Å². The average Bonchev–Trinajstić information content (AvgIpc) is 2.45. The van der Waals surface area contributed by atoms with Crippen LogP contribution in [-0.4, -0.2) is 6.26 Å². The first-order chi connectivity index (χ1) is 9.82. The summed E-state index contributed by atoms with van der Waals surface area (Å²) in [5.74, 6) is -1.31. The molecule has 1 atom stereocenters. The van der Waals surface area contributed by atoms with Crippen molar-refractivity contribution in [2.24, 2.45) is 5.73 Å². The van der Waals surface area contributed by atoms with Gasteiger partial charge in [0.2, 0.25) is 0 Å². The number of halogens is 4. The summed E-state index contributed by atoms with van der Waals surface area (Å²) < 4.78 is 51.1. The predicted octanol–water partition coefficient (Wildman–Crippen LogP) is 4.61. The first kappa shape index (κ1) is 15.9. The van der Waals surface area contributed by atoms with Crippen LogP contribution in [0.3, 0.4) is 0 Å². The van der Waals surface area contributed by atoms with E-state index in [2.05, 4.69) is 0 Å². The summed E-state index contributed by atoms with van der Waals surface area (Å²) in [5.41, 5.74) is 5.72. The van der Waals surface area contributed by atoms with Gasteiger partial charge in [-0.1, -0.05) is 18.2 Å². The van der Waals surface area contributed by atoms with Gasteiger partial charge in [-0.3, -0.25) is 0 Å². The van der Waals surface area contributed by atoms with Gasteiger partial charge in [0.1, 0.15) is 5.82 Å². The lowest BCUT2D eigenvalue weighted by atomic mass is 9.98. The maximum Gasteiger partial charge on any atom is 0.419 e. The molecule has 0 spiro atoms. The van der Waals surface area contributed by atoms with E-state index in [0.717, 1.165) is 17.0 Å². The second kappa shape index (κ2) is 6.07. The normalized spacial score (nSPS) is 13.2. The van der Waals surface area contributed by atoms with Crippen molar-refractivity contribution >= 4 is 11.8 Å². The van der Waals surface area contributed by atoms with E-state index in [9.17, 15) is 17.6 Å². The minimum absolute atomic E-state index is 0.303. The molecule has 2 aromatic rings. The highest BCUT2D eigenvalue weighted by atomic mass is 32.2. The lowest BCUT2D eigenvalue weighted by Gasteiger charge is -2.15. The molecule has 2 rings (SSSR count). The van der Waals surface area contributed by atoms with Crippen LogP contribution in [0.2, 0.25) is 0 Å². The van der Waals surface area contributed by atoms with Crippen LogP contribution in [0.5, 0.6) is 0 Å². The van der Waals surface area contributed by atoms with Crippen LogP contribution >= 0.6 is 11.8 Å². The number of rotatable bonds is 3. The molecule has 2 N–H and O–H groups in total. The molecule has 0 bridgehead atoms. The summed E-state index contributed by atoms with van der Waals surface area (Å²) in [5, 5.41) is 0. The Hall–Kier alpha value is -1.53. The third-order valence-electron chi connectivity index (χ3n) is 3.13. The van der Waals surface area contributed by atoms with E-state index in [1.54, 1.807) is 23.9 Å². The monoisotopic (exact) mass is 315 g/mol. The van der Waals surface area contributed by atoms with Crippen molar-refractivity contribution in [3.63, 3.8) is 0 Å². The van der Waals surface area contributed by atoms with Gasteiger partial charge in [0.15, 0.2) is 0 Å². The van der Waals surface area contributed by atoms with E-state index in [-0.39, 0.29) is 0 Å². The lowest BCUT2D eigenvalue weighted by molar-refractivity contribution is -0.140. The van der Waals surface area contributed by atoms with E-state index < -0.39 is 23.6 Å². The van der Waals surface area contributed by atoms with Crippen molar-refractivity contribution in [2.75, 3.05) is 6.26 Å². The number of hydrogen-bond donors (Lipinski definition) is 1. The van der Waals surface area contributed by atoms with Gasteiger partial charge in [-0.25, -0.2) is 4.39 Å². The lowest BCUT2D eigenvalue weighted by Crippen LogP contribution is -2.14. The Morgan fingerprint density at radius 1 is 1.00 bits per heavy atom. The molecule has 21 heavy (non-hydrogen) atoms. The molecule has 0 fully saturated rings. The molecule has 0 saturated carbocycles. The molecule has 2 aromatic carbocycles. The maximum absolute atomic E-state index is 13.6. The average molecular weight is 315 g/mol. The highest BCUT2D eigenvalue weighted by molar-refractivity contribution is 7.98. The van der Waals surface area contributed by atoms with Gasteiger partial charge >= 0.3 is 6.18 Å². The molecule has 1 nitrogen and oxygen atoms in total. The molecule has 0 radical (unpaired) electrons. The molecule has 0 heterocycles. The predicted molar refractivity (Wildman–Crippen MR) is 75.7 cm³/mol. The van der Waals surface area contributed by atoms with E-state index in [1.807, 2.05) is 18.4 Å². The zero-order valence-corrected chi connectivity index (χ0v) is 11.9. The second-order valence-electron chi connectivity index (χ2n) is 4.49. The first-order valence-corrected chi connectivity index (χ1v) is 7.31. The van der Waals surface area contributed by atoms with Crippen molar-refractivity contribution in [3.05, 3.63) is 65.0 Å². The Labute approximate surface area is 124 Å². The number of nitrogens with two attached hydrogens (primary N) is 1. The van der Waals surface area contributed by atoms with Crippen molar-refractivity contribution < 1.29 is 17.6 Å². The molecular weight excluding hydrogens is 302 g/mol. The van der Waals surface area contributed by atoms with Gasteiger partial charge in [-0.15, -0.1) is 11.8 Å². The third-order valence-corrected chi connectivity index (χ3v) is 3.88. The van der Waals surface area contributed by atoms with Gasteiger partial charge in [-0.2, -0.15) is 13.2 Å². The zero-order valence-electron chi connectivity index (χ0n) is 11.1. The van der Waals surface area contributed by atoms with E-state index in [4.69, 9.17) is 5.73 Å². The van der Waals surface area contributed by atoms with Crippen LogP contribution in [0.4, 0.5) is 17.6 Å². The number of hydrogen-bond acceptors (Lipinski definition) is 2. The van der Waals surface area contributed by atoms with Gasteiger partial charge in [0, 0.05) is 4.90 Å². The maximum atomic E-state index is 13.6. The molecule has 6 heteroatoms. The number of benzene rings is 2. The molecule has 0 aliphatic rings. The SMILES string of the molecule is CSc1ccc(C(N)c2ccc(C(F)(F)F)c(F)c2)cc1. The smallest absolute Gasteiger partial charge is 0.320 e. The van der Waals surface area contributed by atoms with Crippen LogP contribution in [0, 0.1) is 5.82 Å². The fourth-order valence-corrected chi connectivity index (χ4v) is 2.37. The fraction of sp³-hybridized carbons (Fsp3) is 0.200. The van der Waals surface area contributed by atoms with Crippen LogP contribution in [-0.2, 0) is 6.18 Å². The Balaban J connectivity index is 2.30. The summed E-state index contributed by atoms with van der Waals surface area (Å²) in [6.45, 7) is 0. The van der Waals surface area contributed by atoms with Crippen LogP contribution < -0.4 is 5.73 Å². The van der Waals surface area contributed by atoms with Crippen LogP contribution in [0.25, 0.3) is 0 Å². The minimum Gasteiger partial charge on any atom is -0.320 e. The Kier molecular flexibility index (Phi) is 4.58. The fourth-order valence-electron chi connectivity index (χ4n) is 1.96. The zero-order chi connectivity index (χ0) is 15.6.